The molecule has 10 rings (SSSR count). The third kappa shape index (κ3) is 6.45. The molecule has 0 saturated carbocycles. The van der Waals surface area contributed by atoms with Gasteiger partial charge in [0, 0.05) is 61.1 Å². The summed E-state index contributed by atoms with van der Waals surface area (Å²) >= 11 is 0. The second-order valence-electron chi connectivity index (χ2n) is 15.2. The first-order chi connectivity index (χ1) is 28.0. The third-order valence-electron chi connectivity index (χ3n) is 11.6. The van der Waals surface area contributed by atoms with E-state index in [-0.39, 0.29) is 23.2 Å². The molecule has 0 saturated heterocycles. The van der Waals surface area contributed by atoms with E-state index in [4.69, 9.17) is 9.97 Å². The molecule has 58 heavy (non-hydrogen) atoms. The molecule has 2 aliphatic rings. The fourth-order valence-corrected chi connectivity index (χ4v) is 8.30. The highest BCUT2D eigenvalue weighted by Crippen LogP contribution is 2.37. The second-order valence-corrected chi connectivity index (χ2v) is 15.2. The first-order valence-corrected chi connectivity index (χ1v) is 19.4. The van der Waals surface area contributed by atoms with Gasteiger partial charge in [-0.25, -0.2) is 9.97 Å². The maximum Gasteiger partial charge on any atom is 0.255 e. The summed E-state index contributed by atoms with van der Waals surface area (Å²) in [6.45, 7) is 7.97. The second kappa shape index (κ2) is 14.6. The van der Waals surface area contributed by atoms with Crippen LogP contribution in [0.2, 0.25) is 0 Å². The number of fused-ring (bicyclic) bond motifs is 4. The number of benzene rings is 2. The highest BCUT2D eigenvalue weighted by Gasteiger charge is 2.33. The molecule has 0 spiro atoms. The van der Waals surface area contributed by atoms with Gasteiger partial charge in [-0.2, -0.15) is 0 Å². The number of aromatic nitrogens is 6. The number of imidazole rings is 2. The Morgan fingerprint density at radius 3 is 1.38 bits per heavy atom. The molecule has 12 nitrogen and oxygen atoms in total. The van der Waals surface area contributed by atoms with Crippen LogP contribution in [0.5, 0.6) is 0 Å². The van der Waals surface area contributed by atoms with Crippen LogP contribution in [0.25, 0.3) is 22.7 Å². The largest absolute Gasteiger partial charge is 0.390 e. The molecule has 6 heterocycles. The number of aryl methyl sites for hydroxylation is 4. The summed E-state index contributed by atoms with van der Waals surface area (Å²) in [7, 11) is 0. The van der Waals surface area contributed by atoms with E-state index in [0.717, 1.165) is 79.1 Å². The molecule has 8 aromatic rings. The van der Waals surface area contributed by atoms with Gasteiger partial charge in [-0.1, -0.05) is 60.7 Å². The van der Waals surface area contributed by atoms with Gasteiger partial charge in [0.05, 0.1) is 58.4 Å². The van der Waals surface area contributed by atoms with E-state index >= 15 is 0 Å². The predicted octanol–water partition coefficient (Wildman–Crippen LogP) is 6.34. The predicted molar refractivity (Wildman–Crippen MR) is 226 cm³/mol. The van der Waals surface area contributed by atoms with Crippen LogP contribution in [-0.4, -0.2) is 50.3 Å². The summed E-state index contributed by atoms with van der Waals surface area (Å²) in [6.07, 6.45) is 7.56. The SMILES string of the molecule is Cc1nc2c(N[C@@H]3c4ccccc4C[C@H]3O)cc(-n3ccccc3=O)cn2c1C.Cc1nc2c(N[C@H]3c4ccccc4C[C@@H]3O)cc(-n3ccccc3=O)cn2c1C. The summed E-state index contributed by atoms with van der Waals surface area (Å²) in [5.41, 5.74) is 12.8. The van der Waals surface area contributed by atoms with E-state index in [1.165, 1.54) is 0 Å². The minimum absolute atomic E-state index is 0.0986. The van der Waals surface area contributed by atoms with E-state index in [9.17, 15) is 19.8 Å². The zero-order valence-electron chi connectivity index (χ0n) is 32.7. The van der Waals surface area contributed by atoms with Crippen molar-refractivity contribution in [3.63, 3.8) is 0 Å². The molecule has 0 amide bonds. The van der Waals surface area contributed by atoms with E-state index in [1.54, 1.807) is 45.8 Å². The fourth-order valence-electron chi connectivity index (χ4n) is 8.30. The van der Waals surface area contributed by atoms with Crippen LogP contribution in [0, 0.1) is 27.7 Å². The zero-order valence-corrected chi connectivity index (χ0v) is 32.7. The molecule has 0 bridgehead atoms. The van der Waals surface area contributed by atoms with Crippen LogP contribution in [0.4, 0.5) is 11.4 Å². The number of rotatable bonds is 6. The average Bonchev–Trinajstić information content (AvgIpc) is 3.91. The van der Waals surface area contributed by atoms with Crippen LogP contribution in [-0.2, 0) is 12.8 Å². The average molecular weight is 773 g/mol. The Morgan fingerprint density at radius 2 is 0.966 bits per heavy atom. The number of pyridine rings is 4. The first-order valence-electron chi connectivity index (χ1n) is 19.4. The summed E-state index contributed by atoms with van der Waals surface area (Å²) in [5.74, 6) is 0. The van der Waals surface area contributed by atoms with Crippen molar-refractivity contribution in [1.82, 2.24) is 27.9 Å². The van der Waals surface area contributed by atoms with E-state index < -0.39 is 12.2 Å². The quantitative estimate of drug-likeness (QED) is 0.153. The van der Waals surface area contributed by atoms with Crippen molar-refractivity contribution < 1.29 is 10.2 Å². The summed E-state index contributed by atoms with van der Waals surface area (Å²) in [6, 6.07) is 29.8. The van der Waals surface area contributed by atoms with Crippen LogP contribution in [0.3, 0.4) is 0 Å². The van der Waals surface area contributed by atoms with Gasteiger partial charge in [0.1, 0.15) is 0 Å². The van der Waals surface area contributed by atoms with Crippen molar-refractivity contribution in [3.8, 4) is 11.4 Å². The summed E-state index contributed by atoms with van der Waals surface area (Å²) in [4.78, 5) is 34.2. The highest BCUT2D eigenvalue weighted by atomic mass is 16.3. The lowest BCUT2D eigenvalue weighted by Crippen LogP contribution is -2.22. The Balaban J connectivity index is 0.000000150. The Morgan fingerprint density at radius 1 is 0.569 bits per heavy atom. The smallest absolute Gasteiger partial charge is 0.255 e. The zero-order chi connectivity index (χ0) is 40.2. The number of nitrogens with zero attached hydrogens (tertiary/aromatic N) is 6. The van der Waals surface area contributed by atoms with Gasteiger partial charge < -0.3 is 29.6 Å². The molecule has 6 aromatic heterocycles. The van der Waals surface area contributed by atoms with E-state index in [1.807, 2.05) is 110 Å². The maximum absolute atomic E-state index is 12.4. The van der Waals surface area contributed by atoms with Gasteiger partial charge in [-0.05, 0) is 74.2 Å². The molecule has 12 heteroatoms. The molecule has 292 valence electrons. The number of nitrogens with one attached hydrogen (secondary N) is 2. The van der Waals surface area contributed by atoms with E-state index in [2.05, 4.69) is 22.8 Å². The van der Waals surface area contributed by atoms with Gasteiger partial charge in [-0.3, -0.25) is 18.7 Å². The molecule has 4 N–H and O–H groups in total. The maximum atomic E-state index is 12.4. The Hall–Kier alpha value is -6.76. The number of hydrogen-bond donors (Lipinski definition) is 4. The normalized spacial score (nSPS) is 18.2. The number of hydrogen-bond acceptors (Lipinski definition) is 8. The fraction of sp³-hybridized carbons (Fsp3) is 0.217. The Bertz CT molecular complexity index is 2780. The Kier molecular flexibility index (Phi) is 9.30. The van der Waals surface area contributed by atoms with Crippen LogP contribution >= 0.6 is 0 Å². The Labute approximate surface area is 334 Å². The third-order valence-corrected chi connectivity index (χ3v) is 11.6. The van der Waals surface area contributed by atoms with Crippen molar-refractivity contribution >= 4 is 22.7 Å². The standard InChI is InChI=1S/2C23H22N4O2/c2*1-14-15(2)27-13-17(26-10-6-5-9-21(26)29)12-19(23(27)24-14)25-22-18-8-4-3-7-16(18)11-20(22)28/h2*3-10,12-13,20,22,25,28H,11H2,1-2H3/t2*20-,22-/m10/s1. The molecule has 0 unspecified atom stereocenters. The minimum Gasteiger partial charge on any atom is -0.390 e. The van der Waals surface area contributed by atoms with Gasteiger partial charge >= 0.3 is 0 Å². The molecular weight excluding hydrogens is 729 g/mol. The van der Waals surface area contributed by atoms with Crippen LogP contribution in [0.1, 0.15) is 57.1 Å². The van der Waals surface area contributed by atoms with Gasteiger partial charge in [0.15, 0.2) is 11.3 Å². The molecule has 0 aliphatic heterocycles. The lowest BCUT2D eigenvalue weighted by Gasteiger charge is -2.21. The topological polar surface area (TPSA) is 143 Å². The number of anilines is 2. The molecule has 4 atom stereocenters. The van der Waals surface area contributed by atoms with E-state index in [0.29, 0.717) is 12.8 Å². The molecule has 0 fully saturated rings. The van der Waals surface area contributed by atoms with Crippen LogP contribution in [0.15, 0.2) is 131 Å². The van der Waals surface area contributed by atoms with Crippen molar-refractivity contribution in [2.45, 2.75) is 64.8 Å². The minimum atomic E-state index is -0.521. The van der Waals surface area contributed by atoms with Crippen molar-refractivity contribution in [2.24, 2.45) is 0 Å². The lowest BCUT2D eigenvalue weighted by molar-refractivity contribution is 0.165. The first kappa shape index (κ1) is 36.9. The number of aliphatic hydroxyl groups excluding tert-OH is 2. The van der Waals surface area contributed by atoms with Gasteiger partial charge in [0.25, 0.3) is 11.1 Å². The summed E-state index contributed by atoms with van der Waals surface area (Å²) in [5, 5.41) is 28.4. The van der Waals surface area contributed by atoms with Crippen molar-refractivity contribution in [3.05, 3.63) is 188 Å². The molecule has 2 aromatic carbocycles. The highest BCUT2D eigenvalue weighted by molar-refractivity contribution is 5.74. The molecular formula is C46H44N8O4. The van der Waals surface area contributed by atoms with Crippen molar-refractivity contribution in [1.29, 1.82) is 0 Å². The summed E-state index contributed by atoms with van der Waals surface area (Å²) < 4.78 is 7.22. The molecule has 0 radical (unpaired) electrons. The number of aliphatic hydroxyl groups is 2. The van der Waals surface area contributed by atoms with Crippen molar-refractivity contribution in [2.75, 3.05) is 10.6 Å². The lowest BCUT2D eigenvalue weighted by atomic mass is 10.1. The molecule has 2 aliphatic carbocycles. The van der Waals surface area contributed by atoms with Crippen LogP contribution < -0.4 is 21.8 Å². The van der Waals surface area contributed by atoms with Gasteiger partial charge in [0.2, 0.25) is 0 Å². The van der Waals surface area contributed by atoms with Gasteiger partial charge in [-0.15, -0.1) is 0 Å². The monoisotopic (exact) mass is 772 g/mol.